The number of aromatic nitrogens is 3. The van der Waals surface area contributed by atoms with Gasteiger partial charge in [-0.2, -0.15) is 0 Å². The minimum Gasteiger partial charge on any atom is -0.436 e. The number of aromatic amines is 1. The Balaban J connectivity index is 1.83. The molecule has 0 unspecified atom stereocenters. The number of aryl methyl sites for hydroxylation is 1. The molecule has 0 aliphatic rings. The summed E-state index contributed by atoms with van der Waals surface area (Å²) in [5.74, 6) is 0.137. The Morgan fingerprint density at radius 2 is 2.03 bits per heavy atom. The standard InChI is InChI=1S/C23H24N4O3/c1-4-23(15(3)28,27-21(29)19-12-24-13-25-19)17-6-5-7-18-20(17)30-22(26-18)16-10-8-14(2)9-11-16/h5-13,15,28H,4H2,1-3H3,(H,24,25)(H,27,29)/t15-,23-/m0/s1. The number of aliphatic hydroxyl groups is 1. The largest absolute Gasteiger partial charge is 0.436 e. The number of rotatable bonds is 6. The first-order chi connectivity index (χ1) is 14.4. The van der Waals surface area contributed by atoms with Gasteiger partial charge in [0, 0.05) is 11.1 Å². The van der Waals surface area contributed by atoms with E-state index in [1.54, 1.807) is 6.92 Å². The first-order valence-corrected chi connectivity index (χ1v) is 9.90. The van der Waals surface area contributed by atoms with Gasteiger partial charge in [-0.15, -0.1) is 0 Å². The van der Waals surface area contributed by atoms with E-state index in [9.17, 15) is 9.90 Å². The van der Waals surface area contributed by atoms with E-state index in [4.69, 9.17) is 4.42 Å². The number of nitrogens with zero attached hydrogens (tertiary/aromatic N) is 2. The first-order valence-electron chi connectivity index (χ1n) is 9.90. The van der Waals surface area contributed by atoms with Crippen LogP contribution in [0.1, 0.15) is 41.9 Å². The van der Waals surface area contributed by atoms with Crippen molar-refractivity contribution in [3.8, 4) is 11.5 Å². The summed E-state index contributed by atoms with van der Waals surface area (Å²) in [5, 5.41) is 13.8. The van der Waals surface area contributed by atoms with Crippen LogP contribution in [0, 0.1) is 6.92 Å². The van der Waals surface area contributed by atoms with Crippen LogP contribution < -0.4 is 5.32 Å². The number of carbonyl (C=O) groups is 1. The molecule has 7 nitrogen and oxygen atoms in total. The van der Waals surface area contributed by atoms with Crippen molar-refractivity contribution >= 4 is 17.0 Å². The molecule has 0 aliphatic carbocycles. The Hall–Kier alpha value is -3.45. The van der Waals surface area contributed by atoms with Gasteiger partial charge >= 0.3 is 0 Å². The number of fused-ring (bicyclic) bond motifs is 1. The summed E-state index contributed by atoms with van der Waals surface area (Å²) in [5.41, 5.74) is 3.15. The first kappa shape index (κ1) is 19.8. The molecule has 0 aliphatic heterocycles. The molecule has 0 saturated heterocycles. The van der Waals surface area contributed by atoms with Gasteiger partial charge in [0.1, 0.15) is 11.2 Å². The van der Waals surface area contributed by atoms with Crippen molar-refractivity contribution < 1.29 is 14.3 Å². The Bertz CT molecular complexity index is 1160. The van der Waals surface area contributed by atoms with Gasteiger partial charge in [0.15, 0.2) is 5.58 Å². The van der Waals surface area contributed by atoms with Crippen molar-refractivity contribution in [1.29, 1.82) is 0 Å². The number of imidazole rings is 1. The van der Waals surface area contributed by atoms with Crippen molar-refractivity contribution in [2.45, 2.75) is 38.8 Å². The van der Waals surface area contributed by atoms with Gasteiger partial charge in [0.25, 0.3) is 5.91 Å². The van der Waals surface area contributed by atoms with Crippen LogP contribution in [-0.2, 0) is 5.54 Å². The van der Waals surface area contributed by atoms with E-state index in [2.05, 4.69) is 20.3 Å². The predicted octanol–water partition coefficient (Wildman–Crippen LogP) is 3.94. The molecule has 0 bridgehead atoms. The monoisotopic (exact) mass is 404 g/mol. The molecule has 4 rings (SSSR count). The number of nitrogens with one attached hydrogen (secondary N) is 2. The van der Waals surface area contributed by atoms with Crippen LogP contribution in [0.15, 0.2) is 59.4 Å². The number of H-pyrrole nitrogens is 1. The van der Waals surface area contributed by atoms with E-state index >= 15 is 0 Å². The maximum Gasteiger partial charge on any atom is 0.270 e. The number of aliphatic hydroxyl groups excluding tert-OH is 1. The van der Waals surface area contributed by atoms with Gasteiger partial charge in [0.05, 0.1) is 24.2 Å². The zero-order valence-corrected chi connectivity index (χ0v) is 17.1. The van der Waals surface area contributed by atoms with E-state index in [-0.39, 0.29) is 5.91 Å². The van der Waals surface area contributed by atoms with Gasteiger partial charge in [0.2, 0.25) is 5.89 Å². The minimum absolute atomic E-state index is 0.318. The topological polar surface area (TPSA) is 104 Å². The van der Waals surface area contributed by atoms with Crippen LogP contribution in [0.2, 0.25) is 0 Å². The molecule has 2 heterocycles. The van der Waals surface area contributed by atoms with Crippen LogP contribution in [0.25, 0.3) is 22.6 Å². The third-order valence-electron chi connectivity index (χ3n) is 5.54. The smallest absolute Gasteiger partial charge is 0.270 e. The van der Waals surface area contributed by atoms with Crippen LogP contribution in [-0.4, -0.2) is 32.1 Å². The van der Waals surface area contributed by atoms with Crippen molar-refractivity contribution in [3.63, 3.8) is 0 Å². The number of oxazole rings is 1. The van der Waals surface area contributed by atoms with Crippen molar-refractivity contribution in [1.82, 2.24) is 20.3 Å². The van der Waals surface area contributed by atoms with Gasteiger partial charge in [-0.1, -0.05) is 36.8 Å². The predicted molar refractivity (Wildman–Crippen MR) is 114 cm³/mol. The summed E-state index contributed by atoms with van der Waals surface area (Å²) in [6, 6.07) is 13.5. The number of para-hydroxylation sites is 1. The molecule has 1 amide bonds. The van der Waals surface area contributed by atoms with E-state index in [1.165, 1.54) is 12.5 Å². The number of hydrogen-bond donors (Lipinski definition) is 3. The molecule has 2 aromatic carbocycles. The molecule has 0 radical (unpaired) electrons. The van der Waals surface area contributed by atoms with E-state index in [1.807, 2.05) is 56.3 Å². The van der Waals surface area contributed by atoms with Crippen LogP contribution >= 0.6 is 0 Å². The zero-order valence-electron chi connectivity index (χ0n) is 17.1. The molecule has 0 fully saturated rings. The van der Waals surface area contributed by atoms with E-state index < -0.39 is 11.6 Å². The zero-order chi connectivity index (χ0) is 21.3. The SMILES string of the molecule is CC[C@@](NC(=O)c1cnc[nH]1)(c1cccc2nc(-c3ccc(C)cc3)oc12)[C@H](C)O. The third-order valence-corrected chi connectivity index (χ3v) is 5.54. The summed E-state index contributed by atoms with van der Waals surface area (Å²) >= 11 is 0. The summed E-state index contributed by atoms with van der Waals surface area (Å²) < 4.78 is 6.16. The van der Waals surface area contributed by atoms with Gasteiger partial charge < -0.3 is 19.8 Å². The van der Waals surface area contributed by atoms with Gasteiger partial charge in [-0.05, 0) is 38.5 Å². The second-order valence-electron chi connectivity index (χ2n) is 7.46. The second-order valence-corrected chi connectivity index (χ2v) is 7.46. The molecule has 30 heavy (non-hydrogen) atoms. The number of benzene rings is 2. The van der Waals surface area contributed by atoms with Crippen LogP contribution in [0.3, 0.4) is 0 Å². The van der Waals surface area contributed by atoms with Gasteiger partial charge in [-0.3, -0.25) is 4.79 Å². The summed E-state index contributed by atoms with van der Waals surface area (Å²) in [4.78, 5) is 24.1. The highest BCUT2D eigenvalue weighted by molar-refractivity contribution is 5.93. The molecule has 0 spiro atoms. The fraction of sp³-hybridized carbons (Fsp3) is 0.261. The number of amides is 1. The molecule has 7 heteroatoms. The van der Waals surface area contributed by atoms with Crippen molar-refractivity contribution in [2.75, 3.05) is 0 Å². The second kappa shape index (κ2) is 7.76. The summed E-state index contributed by atoms with van der Waals surface area (Å²) in [7, 11) is 0. The Morgan fingerprint density at radius 1 is 1.27 bits per heavy atom. The molecule has 2 aromatic heterocycles. The number of hydrogen-bond acceptors (Lipinski definition) is 5. The average molecular weight is 404 g/mol. The molecular formula is C23H24N4O3. The lowest BCUT2D eigenvalue weighted by Gasteiger charge is -2.36. The Morgan fingerprint density at radius 3 is 2.67 bits per heavy atom. The molecule has 4 aromatic rings. The molecule has 3 N–H and O–H groups in total. The highest BCUT2D eigenvalue weighted by Crippen LogP contribution is 2.36. The van der Waals surface area contributed by atoms with E-state index in [0.717, 1.165) is 11.1 Å². The Kier molecular flexibility index (Phi) is 5.13. The fourth-order valence-electron chi connectivity index (χ4n) is 3.74. The maximum atomic E-state index is 12.8. The average Bonchev–Trinajstić information content (AvgIpc) is 3.42. The van der Waals surface area contributed by atoms with Crippen molar-refractivity contribution in [2.24, 2.45) is 0 Å². The number of carbonyl (C=O) groups excluding carboxylic acids is 1. The molecular weight excluding hydrogens is 380 g/mol. The quantitative estimate of drug-likeness (QED) is 0.451. The lowest BCUT2D eigenvalue weighted by Crippen LogP contribution is -2.52. The van der Waals surface area contributed by atoms with E-state index in [0.29, 0.717) is 34.7 Å². The normalized spacial score (nSPS) is 14.4. The summed E-state index contributed by atoms with van der Waals surface area (Å²) in [6.45, 7) is 5.59. The van der Waals surface area contributed by atoms with Gasteiger partial charge in [-0.25, -0.2) is 9.97 Å². The molecule has 154 valence electrons. The lowest BCUT2D eigenvalue weighted by molar-refractivity contribution is 0.0552. The maximum absolute atomic E-state index is 12.8. The summed E-state index contributed by atoms with van der Waals surface area (Å²) in [6.07, 6.45) is 2.45. The minimum atomic E-state index is -1.06. The third kappa shape index (κ3) is 3.37. The van der Waals surface area contributed by atoms with Crippen LogP contribution in [0.4, 0.5) is 0 Å². The lowest BCUT2D eigenvalue weighted by atomic mass is 9.82. The highest BCUT2D eigenvalue weighted by atomic mass is 16.3. The fourth-order valence-corrected chi connectivity index (χ4v) is 3.74. The molecule has 0 saturated carbocycles. The molecule has 2 atom stereocenters. The highest BCUT2D eigenvalue weighted by Gasteiger charge is 2.40. The Labute approximate surface area is 174 Å². The van der Waals surface area contributed by atoms with Crippen molar-refractivity contribution in [3.05, 3.63) is 71.8 Å². The van der Waals surface area contributed by atoms with Crippen LogP contribution in [0.5, 0.6) is 0 Å².